The third-order valence-corrected chi connectivity index (χ3v) is 1.33. The van der Waals surface area contributed by atoms with Crippen LogP contribution in [0.25, 0.3) is 0 Å². The van der Waals surface area contributed by atoms with E-state index >= 15 is 0 Å². The normalized spacial score (nSPS) is 8.47. The topological polar surface area (TPSA) is 85.2 Å². The summed E-state index contributed by atoms with van der Waals surface area (Å²) in [6.45, 7) is 11.7. The third-order valence-electron chi connectivity index (χ3n) is 1.33. The van der Waals surface area contributed by atoms with Crippen LogP contribution in [0, 0.1) is 0 Å². The van der Waals surface area contributed by atoms with Crippen molar-refractivity contribution in [2.75, 3.05) is 46.2 Å². The predicted molar refractivity (Wildman–Crippen MR) is 74.0 cm³/mol. The smallest absolute Gasteiger partial charge is 0.330 e. The first-order chi connectivity index (χ1) is 9.14. The summed E-state index contributed by atoms with van der Waals surface area (Å²) >= 11 is 0. The molecule has 0 radical (unpaired) electrons. The van der Waals surface area contributed by atoms with Gasteiger partial charge in [0.25, 0.3) is 0 Å². The molecule has 0 aliphatic rings. The van der Waals surface area contributed by atoms with Gasteiger partial charge in [0, 0.05) is 19.3 Å². The highest BCUT2D eigenvalue weighted by Gasteiger charge is 1.86. The second-order valence-corrected chi connectivity index (χ2v) is 2.80. The molecule has 0 saturated heterocycles. The van der Waals surface area contributed by atoms with E-state index in [1.54, 1.807) is 6.92 Å². The second-order valence-electron chi connectivity index (χ2n) is 2.80. The highest BCUT2D eigenvalue weighted by atomic mass is 16.5. The Morgan fingerprint density at radius 1 is 1.00 bits per heavy atom. The van der Waals surface area contributed by atoms with E-state index in [1.807, 2.05) is 13.8 Å². The summed E-state index contributed by atoms with van der Waals surface area (Å²) in [5, 5.41) is 16.2. The minimum absolute atomic E-state index is 0.0278. The summed E-state index contributed by atoms with van der Waals surface area (Å²) in [6, 6.07) is 0. The van der Waals surface area contributed by atoms with E-state index in [2.05, 4.69) is 16.1 Å². The molecule has 0 aromatic carbocycles. The van der Waals surface area contributed by atoms with Gasteiger partial charge in [-0.1, -0.05) is 6.58 Å². The molecular formula is C13H28O6. The molecule has 0 aromatic rings. The fourth-order valence-corrected chi connectivity index (χ4v) is 0.636. The molecule has 0 aliphatic heterocycles. The van der Waals surface area contributed by atoms with Crippen molar-refractivity contribution in [3.05, 3.63) is 12.7 Å². The number of aliphatic hydroxyl groups excluding tert-OH is 2. The molecule has 0 amide bonds. The molecule has 0 aliphatic carbocycles. The van der Waals surface area contributed by atoms with Crippen molar-refractivity contribution in [1.82, 2.24) is 0 Å². The first kappa shape index (κ1) is 23.2. The molecule has 0 fully saturated rings. The molecule has 19 heavy (non-hydrogen) atoms. The molecular weight excluding hydrogens is 252 g/mol. The number of esters is 1. The van der Waals surface area contributed by atoms with Crippen molar-refractivity contribution in [3.63, 3.8) is 0 Å². The van der Waals surface area contributed by atoms with E-state index in [-0.39, 0.29) is 19.2 Å². The Hall–Kier alpha value is -0.950. The van der Waals surface area contributed by atoms with Gasteiger partial charge in [0.05, 0.1) is 33.0 Å². The van der Waals surface area contributed by atoms with Crippen LogP contribution in [-0.2, 0) is 19.0 Å². The molecule has 6 nitrogen and oxygen atoms in total. The van der Waals surface area contributed by atoms with Gasteiger partial charge >= 0.3 is 5.97 Å². The Morgan fingerprint density at radius 2 is 1.47 bits per heavy atom. The highest BCUT2D eigenvalue weighted by molar-refractivity contribution is 5.81. The maximum Gasteiger partial charge on any atom is 0.330 e. The van der Waals surface area contributed by atoms with Gasteiger partial charge < -0.3 is 24.4 Å². The van der Waals surface area contributed by atoms with E-state index in [0.29, 0.717) is 19.8 Å². The molecule has 2 N–H and O–H groups in total. The Bertz CT molecular complexity index is 167. The fourth-order valence-electron chi connectivity index (χ4n) is 0.636. The zero-order valence-corrected chi connectivity index (χ0v) is 12.3. The standard InChI is InChI=1S/C5H8O2.C4H10O3.C4H10O/c1-3-5(6)7-4-2;5-1-3-7-4-2-6;1-3-5-4-2/h3H,1,4H2,2H3;5-6H,1-4H2;3-4H2,1-2H3. The van der Waals surface area contributed by atoms with Crippen LogP contribution in [0.15, 0.2) is 12.7 Å². The van der Waals surface area contributed by atoms with Crippen molar-refractivity contribution in [1.29, 1.82) is 0 Å². The average Bonchev–Trinajstić information content (AvgIpc) is 2.42. The molecule has 116 valence electrons. The largest absolute Gasteiger partial charge is 0.463 e. The molecule has 0 heterocycles. The maximum atomic E-state index is 10.1. The Labute approximate surface area is 116 Å². The summed E-state index contributed by atoms with van der Waals surface area (Å²) in [7, 11) is 0. The first-order valence-corrected chi connectivity index (χ1v) is 6.30. The number of carbonyl (C=O) groups excluding carboxylic acids is 1. The number of hydrogen-bond donors (Lipinski definition) is 2. The molecule has 0 unspecified atom stereocenters. The van der Waals surface area contributed by atoms with Crippen molar-refractivity contribution in [2.45, 2.75) is 20.8 Å². The first-order valence-electron chi connectivity index (χ1n) is 6.30. The van der Waals surface area contributed by atoms with Crippen molar-refractivity contribution >= 4 is 5.97 Å². The summed E-state index contributed by atoms with van der Waals surface area (Å²) < 4.78 is 13.9. The van der Waals surface area contributed by atoms with E-state index < -0.39 is 0 Å². The molecule has 0 atom stereocenters. The molecule has 0 rings (SSSR count). The Balaban J connectivity index is -0.000000206. The molecule has 0 aromatic heterocycles. The Kier molecular flexibility index (Phi) is 31.4. The molecule has 0 bridgehead atoms. The van der Waals surface area contributed by atoms with E-state index in [0.717, 1.165) is 19.3 Å². The molecule has 0 spiro atoms. The Morgan fingerprint density at radius 3 is 1.63 bits per heavy atom. The zero-order chi connectivity index (χ0) is 15.4. The number of rotatable bonds is 8. The number of ether oxygens (including phenoxy) is 3. The lowest BCUT2D eigenvalue weighted by molar-refractivity contribution is -0.137. The minimum atomic E-state index is -0.359. The van der Waals surface area contributed by atoms with Crippen LogP contribution in [0.4, 0.5) is 0 Å². The quantitative estimate of drug-likeness (QED) is 0.388. The fraction of sp³-hybridized carbons (Fsp3) is 0.769. The van der Waals surface area contributed by atoms with Crippen LogP contribution in [-0.4, -0.2) is 62.4 Å². The highest BCUT2D eigenvalue weighted by Crippen LogP contribution is 1.74. The van der Waals surface area contributed by atoms with Crippen LogP contribution < -0.4 is 0 Å². The molecule has 0 saturated carbocycles. The van der Waals surface area contributed by atoms with E-state index in [1.165, 1.54) is 0 Å². The van der Waals surface area contributed by atoms with Gasteiger partial charge in [0.15, 0.2) is 0 Å². The molecule has 6 heteroatoms. The van der Waals surface area contributed by atoms with E-state index in [4.69, 9.17) is 14.9 Å². The maximum absolute atomic E-state index is 10.1. The average molecular weight is 280 g/mol. The number of hydrogen-bond acceptors (Lipinski definition) is 6. The van der Waals surface area contributed by atoms with Gasteiger partial charge in [-0.25, -0.2) is 4.79 Å². The third kappa shape index (κ3) is 38.2. The van der Waals surface area contributed by atoms with Gasteiger partial charge in [0.2, 0.25) is 0 Å². The van der Waals surface area contributed by atoms with Crippen LogP contribution in [0.5, 0.6) is 0 Å². The van der Waals surface area contributed by atoms with Gasteiger partial charge in [-0.15, -0.1) is 0 Å². The van der Waals surface area contributed by atoms with Gasteiger partial charge in [0.1, 0.15) is 0 Å². The number of carbonyl (C=O) groups is 1. The minimum Gasteiger partial charge on any atom is -0.463 e. The van der Waals surface area contributed by atoms with Crippen LogP contribution in [0.2, 0.25) is 0 Å². The van der Waals surface area contributed by atoms with Crippen LogP contribution in [0.3, 0.4) is 0 Å². The monoisotopic (exact) mass is 280 g/mol. The zero-order valence-electron chi connectivity index (χ0n) is 12.3. The summed E-state index contributed by atoms with van der Waals surface area (Å²) in [5.41, 5.74) is 0. The van der Waals surface area contributed by atoms with Gasteiger partial charge in [-0.3, -0.25) is 0 Å². The van der Waals surface area contributed by atoms with Gasteiger partial charge in [-0.05, 0) is 20.8 Å². The van der Waals surface area contributed by atoms with Crippen LogP contribution >= 0.6 is 0 Å². The van der Waals surface area contributed by atoms with E-state index in [9.17, 15) is 4.79 Å². The summed E-state index contributed by atoms with van der Waals surface area (Å²) in [4.78, 5) is 10.1. The number of aliphatic hydroxyl groups is 2. The SMILES string of the molecule is C=CC(=O)OCC.CCOCC.OCCOCCO. The lowest BCUT2D eigenvalue weighted by Gasteiger charge is -1.94. The van der Waals surface area contributed by atoms with Crippen molar-refractivity contribution in [3.8, 4) is 0 Å². The summed E-state index contributed by atoms with van der Waals surface area (Å²) in [6.07, 6.45) is 1.14. The van der Waals surface area contributed by atoms with Crippen molar-refractivity contribution < 1.29 is 29.2 Å². The summed E-state index contributed by atoms with van der Waals surface area (Å²) in [5.74, 6) is -0.359. The lowest BCUT2D eigenvalue weighted by Crippen LogP contribution is -2.03. The van der Waals surface area contributed by atoms with Crippen molar-refractivity contribution in [2.24, 2.45) is 0 Å². The van der Waals surface area contributed by atoms with Gasteiger partial charge in [-0.2, -0.15) is 0 Å². The lowest BCUT2D eigenvalue weighted by atomic mass is 10.6. The predicted octanol–water partition coefficient (Wildman–Crippen LogP) is 0.766. The van der Waals surface area contributed by atoms with Crippen LogP contribution in [0.1, 0.15) is 20.8 Å². The second kappa shape index (κ2) is 25.8.